The molecule has 0 aliphatic rings. The van der Waals surface area contributed by atoms with Crippen molar-refractivity contribution in [1.82, 2.24) is 0 Å². The van der Waals surface area contributed by atoms with Gasteiger partial charge in [0, 0.05) is 6.97 Å². The molecule has 0 N–H and O–H groups in total. The van der Waals surface area contributed by atoms with Crippen LogP contribution in [0.5, 0.6) is 0 Å². The summed E-state index contributed by atoms with van der Waals surface area (Å²) in [5, 5.41) is 2.86. The van der Waals surface area contributed by atoms with E-state index in [1.165, 1.54) is 10.4 Å². The Kier molecular flexibility index (Phi) is 5.50. The van der Waals surface area contributed by atoms with Gasteiger partial charge in [-0.15, -0.1) is 0 Å². The molecule has 119 valence electrons. The van der Waals surface area contributed by atoms with Gasteiger partial charge in [0.25, 0.3) is 0 Å². The maximum absolute atomic E-state index is 8.35. The average Bonchev–Trinajstić information content (AvgIpc) is 2.42. The predicted molar refractivity (Wildman–Crippen MR) is 100.0 cm³/mol. The van der Waals surface area contributed by atoms with E-state index in [0.29, 0.717) is 17.6 Å². The van der Waals surface area contributed by atoms with Crippen molar-refractivity contribution in [2.45, 2.75) is 78.2 Å². The van der Waals surface area contributed by atoms with E-state index in [1.807, 2.05) is 0 Å². The fourth-order valence-corrected chi connectivity index (χ4v) is 8.23. The zero-order chi connectivity index (χ0) is 17.1. The van der Waals surface area contributed by atoms with E-state index < -0.39 is 17.1 Å². The first-order valence-corrected chi connectivity index (χ1v) is 12.2. The highest BCUT2D eigenvalue weighted by atomic mass is 28.4. The Morgan fingerprint density at radius 1 is 1.14 bits per heavy atom. The monoisotopic (exact) mass is 322 g/mol. The number of hydrogen-bond donors (Lipinski definition) is 0. The maximum atomic E-state index is 8.35. The van der Waals surface area contributed by atoms with Gasteiger partial charge in [-0.3, -0.25) is 0 Å². The first kappa shape index (κ1) is 17.0. The van der Waals surface area contributed by atoms with Crippen molar-refractivity contribution in [3.8, 4) is 0 Å². The molecule has 0 saturated heterocycles. The summed E-state index contributed by atoms with van der Waals surface area (Å²) in [6, 6.07) is 8.81. The smallest absolute Gasteiger partial charge is 0.224 e. The summed E-state index contributed by atoms with van der Waals surface area (Å²) in [5.41, 5.74) is 0.876. The minimum absolute atomic E-state index is 0.205. The Balaban J connectivity index is 3.50. The molecule has 1 atom stereocenters. The summed E-state index contributed by atoms with van der Waals surface area (Å²) in [6.07, 6.45) is 0. The van der Waals surface area contributed by atoms with E-state index in [0.717, 1.165) is 0 Å². The Morgan fingerprint density at radius 3 is 2.14 bits per heavy atom. The molecule has 1 nitrogen and oxygen atoms in total. The number of benzene rings is 1. The number of hydrogen-bond acceptors (Lipinski definition) is 1. The molecule has 0 aliphatic carbocycles. The van der Waals surface area contributed by atoms with Crippen LogP contribution in [0, 0.1) is 0 Å². The van der Waals surface area contributed by atoms with E-state index in [-0.39, 0.29) is 5.60 Å². The summed E-state index contributed by atoms with van der Waals surface area (Å²) >= 11 is 0. The Labute approximate surface area is 136 Å². The van der Waals surface area contributed by atoms with Crippen LogP contribution in [0.3, 0.4) is 0 Å². The first-order chi connectivity index (χ1) is 10.0. The highest BCUT2D eigenvalue weighted by molar-refractivity contribution is 6.92. The lowest BCUT2D eigenvalue weighted by atomic mass is 10.2. The summed E-state index contributed by atoms with van der Waals surface area (Å²) in [5.74, 6) is 0. The number of rotatable bonds is 5. The van der Waals surface area contributed by atoms with E-state index in [1.54, 1.807) is 0 Å². The predicted octanol–water partition coefficient (Wildman–Crippen LogP) is 4.44. The topological polar surface area (TPSA) is 9.23 Å². The SMILES string of the molecule is [2H]C[Si](OC(C)(C)C)(c1ccccc1[Si](C)C(C)C)C(C)C. The van der Waals surface area contributed by atoms with Crippen molar-refractivity contribution >= 4 is 27.5 Å². The van der Waals surface area contributed by atoms with Gasteiger partial charge in [-0.1, -0.05) is 63.7 Å². The third kappa shape index (κ3) is 4.54. The van der Waals surface area contributed by atoms with Crippen molar-refractivity contribution < 1.29 is 5.80 Å². The Hall–Kier alpha value is -0.386. The molecule has 3 heteroatoms. The molecule has 0 aliphatic heterocycles. The molecule has 0 amide bonds. The Morgan fingerprint density at radius 2 is 1.71 bits per heavy atom. The molecule has 0 bridgehead atoms. The van der Waals surface area contributed by atoms with Gasteiger partial charge in [0.15, 0.2) is 0 Å². The van der Waals surface area contributed by atoms with Crippen molar-refractivity contribution in [1.29, 1.82) is 0 Å². The minimum Gasteiger partial charge on any atom is -0.408 e. The van der Waals surface area contributed by atoms with Gasteiger partial charge in [0.1, 0.15) is 0 Å². The molecule has 0 heterocycles. The second kappa shape index (κ2) is 6.80. The van der Waals surface area contributed by atoms with E-state index >= 15 is 0 Å². The largest absolute Gasteiger partial charge is 0.408 e. The maximum Gasteiger partial charge on any atom is 0.224 e. The highest BCUT2D eigenvalue weighted by Crippen LogP contribution is 2.27. The standard InChI is InChI=1S/C18H33OSi2/c1-14(2)20(8)16-12-10-11-13-17(16)21(9,15(3)4)19-18(5,6)7/h10-15H,1-9H3/i9D. The van der Waals surface area contributed by atoms with Crippen LogP contribution in [0.25, 0.3) is 0 Å². The molecule has 0 saturated carbocycles. The molecule has 0 fully saturated rings. The minimum atomic E-state index is -2.32. The van der Waals surface area contributed by atoms with Crippen molar-refractivity contribution in [2.75, 3.05) is 0 Å². The molecule has 0 aromatic heterocycles. The lowest BCUT2D eigenvalue weighted by molar-refractivity contribution is 0.120. The van der Waals surface area contributed by atoms with E-state index in [2.05, 4.69) is 79.3 Å². The normalized spacial score (nSPS) is 16.4. The van der Waals surface area contributed by atoms with Crippen LogP contribution < -0.4 is 10.4 Å². The molecular formula is C18H33OSi2. The molecule has 0 spiro atoms. The molecule has 21 heavy (non-hydrogen) atoms. The van der Waals surface area contributed by atoms with Gasteiger partial charge in [-0.05, 0) is 43.6 Å². The van der Waals surface area contributed by atoms with Gasteiger partial charge in [-0.25, -0.2) is 0 Å². The van der Waals surface area contributed by atoms with Crippen LogP contribution in [-0.2, 0) is 4.43 Å². The van der Waals surface area contributed by atoms with Crippen LogP contribution in [0.4, 0.5) is 0 Å². The van der Waals surface area contributed by atoms with Crippen LogP contribution in [0.1, 0.15) is 49.8 Å². The van der Waals surface area contributed by atoms with Gasteiger partial charge in [-0.2, -0.15) is 0 Å². The van der Waals surface area contributed by atoms with Crippen LogP contribution in [-0.4, -0.2) is 22.7 Å². The summed E-state index contributed by atoms with van der Waals surface area (Å²) in [6.45, 7) is 18.3. The first-order valence-electron chi connectivity index (χ1n) is 8.68. The molecule has 1 unspecified atom stereocenters. The molecule has 1 aromatic carbocycles. The summed E-state index contributed by atoms with van der Waals surface area (Å²) in [7, 11) is -2.94. The third-order valence-corrected chi connectivity index (χ3v) is 11.6. The van der Waals surface area contributed by atoms with Gasteiger partial charge in [0.05, 0.1) is 8.80 Å². The second-order valence-corrected chi connectivity index (χ2v) is 14.4. The zero-order valence-electron chi connectivity index (χ0n) is 16.1. The van der Waals surface area contributed by atoms with E-state index in [9.17, 15) is 0 Å². The average molecular weight is 323 g/mol. The van der Waals surface area contributed by atoms with Crippen LogP contribution in [0.15, 0.2) is 24.3 Å². The fourth-order valence-electron chi connectivity index (χ4n) is 2.54. The lowest BCUT2D eigenvalue weighted by Gasteiger charge is -2.40. The summed E-state index contributed by atoms with van der Waals surface area (Å²) < 4.78 is 15.0. The lowest BCUT2D eigenvalue weighted by Crippen LogP contribution is -2.61. The van der Waals surface area contributed by atoms with Gasteiger partial charge in [0.2, 0.25) is 8.32 Å². The zero-order valence-corrected chi connectivity index (χ0v) is 17.1. The molecule has 1 rings (SSSR count). The van der Waals surface area contributed by atoms with Gasteiger partial charge < -0.3 is 4.43 Å². The second-order valence-electron chi connectivity index (χ2n) is 7.64. The van der Waals surface area contributed by atoms with E-state index in [4.69, 9.17) is 5.80 Å². The van der Waals surface area contributed by atoms with Crippen molar-refractivity contribution in [3.63, 3.8) is 0 Å². The fraction of sp³-hybridized carbons (Fsp3) is 0.667. The molecular weight excluding hydrogens is 288 g/mol. The van der Waals surface area contributed by atoms with Crippen molar-refractivity contribution in [3.05, 3.63) is 24.3 Å². The highest BCUT2D eigenvalue weighted by Gasteiger charge is 2.41. The Bertz CT molecular complexity index is 482. The van der Waals surface area contributed by atoms with Gasteiger partial charge >= 0.3 is 0 Å². The van der Waals surface area contributed by atoms with Crippen LogP contribution in [0.2, 0.25) is 24.2 Å². The molecule has 1 radical (unpaired) electrons. The third-order valence-electron chi connectivity index (χ3n) is 4.09. The quantitative estimate of drug-likeness (QED) is 0.728. The molecule has 1 aromatic rings. The summed E-state index contributed by atoms with van der Waals surface area (Å²) in [4.78, 5) is 0. The van der Waals surface area contributed by atoms with Crippen molar-refractivity contribution in [2.24, 2.45) is 0 Å². The van der Waals surface area contributed by atoms with Crippen LogP contribution >= 0.6 is 0 Å².